The molecule has 0 saturated heterocycles. The van der Waals surface area contributed by atoms with Gasteiger partial charge in [-0.3, -0.25) is 14.5 Å². The highest BCUT2D eigenvalue weighted by atomic mass is 32.2. The monoisotopic (exact) mass is 656 g/mol. The van der Waals surface area contributed by atoms with Crippen molar-refractivity contribution in [3.63, 3.8) is 0 Å². The molecule has 2 aliphatic rings. The molecule has 0 spiro atoms. The minimum Gasteiger partial charge on any atom is -0.478 e. The van der Waals surface area contributed by atoms with Gasteiger partial charge in [-0.1, -0.05) is 6.07 Å². The van der Waals surface area contributed by atoms with Crippen LogP contribution in [0.25, 0.3) is 33.4 Å². The fraction of sp³-hybridized carbons (Fsp3) is 0.125. The third kappa shape index (κ3) is 6.21. The van der Waals surface area contributed by atoms with E-state index in [1.54, 1.807) is 0 Å². The molecule has 0 fully saturated rings. The van der Waals surface area contributed by atoms with E-state index in [0.29, 0.717) is 0 Å². The molecule has 1 heterocycles. The van der Waals surface area contributed by atoms with Gasteiger partial charge in [-0.15, -0.1) is 0 Å². The number of carboxylic acids is 2. The number of rotatable bonds is 10. The van der Waals surface area contributed by atoms with Crippen molar-refractivity contribution < 1.29 is 64.0 Å². The molecule has 16 nitrogen and oxygen atoms in total. The maximum Gasteiger partial charge on any atom is 0.336 e. The van der Waals surface area contributed by atoms with Crippen LogP contribution in [-0.4, -0.2) is 68.8 Å². The molecule has 1 aliphatic heterocycles. The van der Waals surface area contributed by atoms with Crippen LogP contribution in [0.4, 0.5) is 5.69 Å². The predicted octanol–water partition coefficient (Wildman–Crippen LogP) is -0.354. The van der Waals surface area contributed by atoms with Gasteiger partial charge in [-0.05, 0) is 42.3 Å². The molecule has 0 radical (unpaired) electrons. The molecule has 0 aromatic heterocycles. The predicted molar refractivity (Wildman–Crippen MR) is 148 cm³/mol. The maximum absolute atomic E-state index is 13.4. The summed E-state index contributed by atoms with van der Waals surface area (Å²) in [5, 5.41) is 24.8. The maximum atomic E-state index is 13.4. The molecule has 2 aromatic carbocycles. The van der Waals surface area contributed by atoms with Crippen molar-refractivity contribution in [1.29, 1.82) is 0 Å². The van der Waals surface area contributed by atoms with Crippen LogP contribution in [0.15, 0.2) is 56.7 Å². The van der Waals surface area contributed by atoms with Crippen molar-refractivity contribution in [2.24, 2.45) is 0 Å². The van der Waals surface area contributed by atoms with E-state index in [1.165, 1.54) is 12.1 Å². The number of carbonyl (C=O) groups is 2. The van der Waals surface area contributed by atoms with Gasteiger partial charge in [-0.25, -0.2) is 22.7 Å². The lowest BCUT2D eigenvalue weighted by molar-refractivity contribution is -0.176. The van der Waals surface area contributed by atoms with Crippen molar-refractivity contribution in [1.82, 2.24) is 4.72 Å². The number of benzene rings is 3. The topological polar surface area (TPSA) is 294 Å². The van der Waals surface area contributed by atoms with Gasteiger partial charge in [0, 0.05) is 29.1 Å². The highest BCUT2D eigenvalue weighted by Crippen LogP contribution is 2.45. The summed E-state index contributed by atoms with van der Waals surface area (Å²) in [5.41, 5.74) is 3.20. The number of aromatic carboxylic acids is 2. The molecule has 0 bridgehead atoms. The second kappa shape index (κ2) is 11.0. The molecule has 9 N–H and O–H groups in total. The summed E-state index contributed by atoms with van der Waals surface area (Å²) in [6.07, 6.45) is -0.352. The Labute approximate surface area is 242 Å². The van der Waals surface area contributed by atoms with Gasteiger partial charge >= 0.3 is 11.9 Å². The van der Waals surface area contributed by atoms with Gasteiger partial charge in [0.2, 0.25) is 5.36 Å². The van der Waals surface area contributed by atoms with E-state index in [0.717, 1.165) is 30.3 Å². The third-order valence-corrected chi connectivity index (χ3v) is 9.48. The fourth-order valence-electron chi connectivity index (χ4n) is 4.44. The zero-order chi connectivity index (χ0) is 32.1. The average Bonchev–Trinajstić information content (AvgIpc) is 2.87. The first-order valence-electron chi connectivity index (χ1n) is 11.8. The Kier molecular flexibility index (Phi) is 8.08. The molecule has 43 heavy (non-hydrogen) atoms. The summed E-state index contributed by atoms with van der Waals surface area (Å²) in [7, 11) is -14.2. The lowest BCUT2D eigenvalue weighted by atomic mass is 9.89. The van der Waals surface area contributed by atoms with Gasteiger partial charge in [-0.2, -0.15) is 16.8 Å². The molecule has 2 aromatic rings. The summed E-state index contributed by atoms with van der Waals surface area (Å²) < 4.78 is 100. The van der Waals surface area contributed by atoms with Crippen LogP contribution >= 0.6 is 0 Å². The standard InChI is InChI=1S/C24H21N3O13S3/c25-16-6-4-13-18(12-3-2-11(23(28)29)10-15(12)24(30)31)14-5-7-17(26)22(43(37,38)39)20(14)40-19(13)21(16)42(35,36)27-8-1-9-41(32,33)34/h2-7,10,25,27H,1,8-9,26H2,(H,28,29)(H,30,31)(H,32,33,34)(H,37,38,39)/p+1. The molecule has 19 heteroatoms. The number of nitrogens with two attached hydrogens (primary N) is 2. The average molecular weight is 657 g/mol. The Balaban J connectivity index is 2.16. The van der Waals surface area contributed by atoms with E-state index in [4.69, 9.17) is 20.1 Å². The second-order valence-corrected chi connectivity index (χ2v) is 13.7. The summed E-state index contributed by atoms with van der Waals surface area (Å²) in [4.78, 5) is 22.1. The Morgan fingerprint density at radius 3 is 2.12 bits per heavy atom. The molecule has 4 rings (SSSR count). The third-order valence-electron chi connectivity index (χ3n) is 6.19. The lowest BCUT2D eigenvalue weighted by Crippen LogP contribution is -2.49. The van der Waals surface area contributed by atoms with Crippen LogP contribution in [0.5, 0.6) is 0 Å². The molecular formula is C24H22N3O13S3+. The summed E-state index contributed by atoms with van der Waals surface area (Å²) in [6, 6.07) is 7.71. The van der Waals surface area contributed by atoms with Crippen LogP contribution < -0.4 is 21.2 Å². The minimum atomic E-state index is -5.15. The van der Waals surface area contributed by atoms with Crippen LogP contribution in [0.2, 0.25) is 0 Å². The number of hydrogen-bond donors (Lipinski definition) is 7. The number of anilines is 1. The second-order valence-electron chi connectivity index (χ2n) is 9.08. The van der Waals surface area contributed by atoms with E-state index in [-0.39, 0.29) is 28.5 Å². The number of nitrogens with one attached hydrogen (secondary N) is 1. The lowest BCUT2D eigenvalue weighted by Gasteiger charge is -2.20. The fourth-order valence-corrected chi connectivity index (χ4v) is 7.03. The number of fused-ring (bicyclic) bond motifs is 2. The number of sulfonamides is 1. The number of carboxylic acid groups (broad SMARTS) is 2. The minimum absolute atomic E-state index is 0.128. The zero-order valence-corrected chi connectivity index (χ0v) is 24.0. The molecule has 0 unspecified atom stereocenters. The molecular weight excluding hydrogens is 634 g/mol. The highest BCUT2D eigenvalue weighted by molar-refractivity contribution is 7.89. The van der Waals surface area contributed by atoms with E-state index in [9.17, 15) is 49.6 Å². The SMILES string of the molecule is Nc1ccc2c(-c3ccc(C(=O)O)cc3C(=O)O)c3ccc(=[NH2+])c(S(=O)(=O)NCCCS(=O)(=O)O)c-3oc2c1S(=O)(=O)O. The van der Waals surface area contributed by atoms with Crippen molar-refractivity contribution in [2.45, 2.75) is 16.2 Å². The molecule has 0 atom stereocenters. The van der Waals surface area contributed by atoms with Gasteiger partial charge < -0.3 is 20.4 Å². The van der Waals surface area contributed by atoms with Gasteiger partial charge in [0.1, 0.15) is 0 Å². The van der Waals surface area contributed by atoms with Crippen LogP contribution in [0, 0.1) is 0 Å². The Bertz CT molecular complexity index is 2190. The van der Waals surface area contributed by atoms with Gasteiger partial charge in [0.15, 0.2) is 21.1 Å². The first-order chi connectivity index (χ1) is 19.8. The van der Waals surface area contributed by atoms with Crippen molar-refractivity contribution in [2.75, 3.05) is 18.0 Å². The van der Waals surface area contributed by atoms with Gasteiger partial charge in [0.25, 0.3) is 30.3 Å². The number of hydrogen-bond acceptors (Lipinski definition) is 10. The van der Waals surface area contributed by atoms with Crippen molar-refractivity contribution in [3.8, 4) is 22.5 Å². The van der Waals surface area contributed by atoms with Crippen LogP contribution in [0.3, 0.4) is 0 Å². The van der Waals surface area contributed by atoms with E-state index in [1.807, 2.05) is 0 Å². The quantitative estimate of drug-likeness (QED) is 0.0497. The largest absolute Gasteiger partial charge is 0.478 e. The van der Waals surface area contributed by atoms with E-state index >= 15 is 0 Å². The first-order valence-corrected chi connectivity index (χ1v) is 16.3. The van der Waals surface area contributed by atoms with Gasteiger partial charge in [0.05, 0.1) is 22.6 Å². The molecule has 228 valence electrons. The zero-order valence-electron chi connectivity index (χ0n) is 21.5. The highest BCUT2D eigenvalue weighted by Gasteiger charge is 2.33. The van der Waals surface area contributed by atoms with Crippen molar-refractivity contribution >= 4 is 58.9 Å². The molecule has 0 amide bonds. The Morgan fingerprint density at radius 1 is 0.884 bits per heavy atom. The van der Waals surface area contributed by atoms with Crippen LogP contribution in [-0.2, 0) is 30.3 Å². The Hall–Kier alpha value is -4.40. The summed E-state index contributed by atoms with van der Waals surface area (Å²) >= 11 is 0. The normalized spacial score (nSPS) is 12.5. The summed E-state index contributed by atoms with van der Waals surface area (Å²) in [6.45, 7) is -0.499. The molecule has 1 aliphatic carbocycles. The summed E-state index contributed by atoms with van der Waals surface area (Å²) in [5.74, 6) is -4.43. The number of nitrogen functional groups attached to an aromatic ring is 1. The van der Waals surface area contributed by atoms with E-state index < -0.39 is 97.8 Å². The Morgan fingerprint density at radius 2 is 1.53 bits per heavy atom. The van der Waals surface area contributed by atoms with Crippen molar-refractivity contribution in [3.05, 3.63) is 58.9 Å². The smallest absolute Gasteiger partial charge is 0.336 e. The molecule has 0 saturated carbocycles. The first kappa shape index (κ1) is 31.5. The van der Waals surface area contributed by atoms with Crippen LogP contribution in [0.1, 0.15) is 27.1 Å². The van der Waals surface area contributed by atoms with E-state index in [2.05, 4.69) is 4.72 Å².